The molecule has 0 saturated carbocycles. The third kappa shape index (κ3) is 5.88. The van der Waals surface area contributed by atoms with Crippen LogP contribution in [0, 0.1) is 6.92 Å². The van der Waals surface area contributed by atoms with Gasteiger partial charge in [-0.3, -0.25) is 0 Å². The monoisotopic (exact) mass is 266 g/mol. The van der Waals surface area contributed by atoms with Crippen molar-refractivity contribution in [3.63, 3.8) is 0 Å². The van der Waals surface area contributed by atoms with Gasteiger partial charge in [0, 0.05) is 0 Å². The maximum absolute atomic E-state index is 2.30. The molecule has 1 rings (SSSR count). The maximum Gasteiger partial charge on any atom is -0.00884 e. The Hall–Kier alpha value is -1.82. The highest BCUT2D eigenvalue weighted by Gasteiger charge is 1.96. The van der Waals surface area contributed by atoms with E-state index in [4.69, 9.17) is 0 Å². The number of aryl methyl sites for hydroxylation is 1. The minimum absolute atomic E-state index is 0.972. The van der Waals surface area contributed by atoms with Gasteiger partial charge in [0.1, 0.15) is 0 Å². The lowest BCUT2D eigenvalue weighted by atomic mass is 10.0. The SMILES string of the molecule is C\C=C/C(=C\Cc1ccc(C)cc1)C(/C)=C/C=C(C)C. The average Bonchev–Trinajstić information content (AvgIpc) is 2.42. The molecule has 0 spiro atoms. The molecule has 0 aliphatic carbocycles. The zero-order valence-corrected chi connectivity index (χ0v) is 13.4. The van der Waals surface area contributed by atoms with Gasteiger partial charge in [-0.05, 0) is 57.7 Å². The summed E-state index contributed by atoms with van der Waals surface area (Å²) in [7, 11) is 0. The van der Waals surface area contributed by atoms with Crippen LogP contribution in [0.1, 0.15) is 38.8 Å². The Kier molecular flexibility index (Phi) is 6.79. The van der Waals surface area contributed by atoms with Gasteiger partial charge < -0.3 is 0 Å². The van der Waals surface area contributed by atoms with Crippen molar-refractivity contribution in [3.05, 3.63) is 82.5 Å². The van der Waals surface area contributed by atoms with E-state index in [0.717, 1.165) is 6.42 Å². The topological polar surface area (TPSA) is 0 Å². The minimum atomic E-state index is 0.972. The lowest BCUT2D eigenvalue weighted by Crippen LogP contribution is -1.86. The quantitative estimate of drug-likeness (QED) is 0.577. The van der Waals surface area contributed by atoms with Crippen LogP contribution in [0.25, 0.3) is 0 Å². The lowest BCUT2D eigenvalue weighted by molar-refractivity contribution is 1.23. The zero-order valence-electron chi connectivity index (χ0n) is 13.4. The molecule has 0 unspecified atom stereocenters. The van der Waals surface area contributed by atoms with Crippen molar-refractivity contribution in [1.82, 2.24) is 0 Å². The van der Waals surface area contributed by atoms with Crippen LogP contribution in [0.2, 0.25) is 0 Å². The fourth-order valence-electron chi connectivity index (χ4n) is 1.88. The molecule has 0 aliphatic heterocycles. The standard InChI is InChI=1S/C20H26/c1-6-7-20(18(5)11-8-16(2)3)15-14-19-12-9-17(4)10-13-19/h6-13,15H,14H2,1-5H3/b7-6-,18-11+,20-15+. The summed E-state index contributed by atoms with van der Waals surface area (Å²) in [6.07, 6.45) is 11.9. The van der Waals surface area contributed by atoms with Gasteiger partial charge in [-0.25, -0.2) is 0 Å². The molecule has 1 aromatic rings. The van der Waals surface area contributed by atoms with Gasteiger partial charge in [0.25, 0.3) is 0 Å². The predicted octanol–water partition coefficient (Wildman–Crippen LogP) is 5.95. The van der Waals surface area contributed by atoms with Crippen LogP contribution in [0.15, 0.2) is 71.4 Å². The fraction of sp³-hybridized carbons (Fsp3) is 0.300. The van der Waals surface area contributed by atoms with Crippen LogP contribution in [-0.4, -0.2) is 0 Å². The summed E-state index contributed by atoms with van der Waals surface area (Å²) in [5.41, 5.74) is 6.59. The molecule has 0 nitrogen and oxygen atoms in total. The van der Waals surface area contributed by atoms with E-state index in [2.05, 4.69) is 89.3 Å². The van der Waals surface area contributed by atoms with E-state index in [0.29, 0.717) is 0 Å². The van der Waals surface area contributed by atoms with Crippen LogP contribution in [0.3, 0.4) is 0 Å². The summed E-state index contributed by atoms with van der Waals surface area (Å²) in [5.74, 6) is 0. The third-order valence-corrected chi connectivity index (χ3v) is 3.15. The van der Waals surface area contributed by atoms with Crippen LogP contribution >= 0.6 is 0 Å². The summed E-state index contributed by atoms with van der Waals surface area (Å²) in [5, 5.41) is 0. The molecule has 0 N–H and O–H groups in total. The molecular formula is C20H26. The Bertz CT molecular complexity index is 530. The lowest BCUT2D eigenvalue weighted by Gasteiger charge is -2.04. The molecule has 0 saturated heterocycles. The van der Waals surface area contributed by atoms with E-state index in [1.165, 1.54) is 27.8 Å². The molecule has 0 heteroatoms. The number of benzene rings is 1. The molecule has 106 valence electrons. The van der Waals surface area contributed by atoms with E-state index >= 15 is 0 Å². The number of rotatable bonds is 5. The van der Waals surface area contributed by atoms with E-state index in [9.17, 15) is 0 Å². The highest BCUT2D eigenvalue weighted by Crippen LogP contribution is 2.14. The van der Waals surface area contributed by atoms with Gasteiger partial charge in [0.15, 0.2) is 0 Å². The Morgan fingerprint density at radius 2 is 1.65 bits per heavy atom. The van der Waals surface area contributed by atoms with Gasteiger partial charge in [-0.15, -0.1) is 0 Å². The second-order valence-electron chi connectivity index (χ2n) is 5.44. The smallest absolute Gasteiger partial charge is 0.00884 e. The van der Waals surface area contributed by atoms with Crippen LogP contribution in [0.4, 0.5) is 0 Å². The van der Waals surface area contributed by atoms with Gasteiger partial charge in [-0.1, -0.05) is 65.8 Å². The zero-order chi connectivity index (χ0) is 15.0. The molecule has 0 amide bonds. The second-order valence-corrected chi connectivity index (χ2v) is 5.44. The molecule has 0 aliphatic rings. The summed E-state index contributed by atoms with van der Waals surface area (Å²) < 4.78 is 0. The largest absolute Gasteiger partial charge is 0.0871 e. The Morgan fingerprint density at radius 1 is 1.00 bits per heavy atom. The third-order valence-electron chi connectivity index (χ3n) is 3.15. The maximum atomic E-state index is 2.30. The van der Waals surface area contributed by atoms with Crippen molar-refractivity contribution in [2.24, 2.45) is 0 Å². The van der Waals surface area contributed by atoms with Crippen LogP contribution in [-0.2, 0) is 6.42 Å². The van der Waals surface area contributed by atoms with Crippen molar-refractivity contribution in [1.29, 1.82) is 0 Å². The van der Waals surface area contributed by atoms with Gasteiger partial charge in [0.2, 0.25) is 0 Å². The Morgan fingerprint density at radius 3 is 2.20 bits per heavy atom. The highest BCUT2D eigenvalue weighted by molar-refractivity contribution is 5.41. The first-order valence-corrected chi connectivity index (χ1v) is 7.23. The molecule has 0 atom stereocenters. The highest BCUT2D eigenvalue weighted by atomic mass is 14.0. The summed E-state index contributed by atoms with van der Waals surface area (Å²) in [4.78, 5) is 0. The number of allylic oxidation sites excluding steroid dienone is 8. The molecule has 1 aromatic carbocycles. The van der Waals surface area contributed by atoms with E-state index in [1.54, 1.807) is 0 Å². The average molecular weight is 266 g/mol. The van der Waals surface area contributed by atoms with Gasteiger partial charge in [0.05, 0.1) is 0 Å². The van der Waals surface area contributed by atoms with E-state index in [-0.39, 0.29) is 0 Å². The molecule has 0 fully saturated rings. The van der Waals surface area contributed by atoms with Crippen molar-refractivity contribution < 1.29 is 0 Å². The minimum Gasteiger partial charge on any atom is -0.0871 e. The van der Waals surface area contributed by atoms with Crippen molar-refractivity contribution in [2.45, 2.75) is 41.0 Å². The first-order valence-electron chi connectivity index (χ1n) is 7.23. The summed E-state index contributed by atoms with van der Waals surface area (Å²) >= 11 is 0. The molecular weight excluding hydrogens is 240 g/mol. The van der Waals surface area contributed by atoms with Gasteiger partial charge in [-0.2, -0.15) is 0 Å². The Balaban J connectivity index is 2.90. The van der Waals surface area contributed by atoms with Gasteiger partial charge >= 0.3 is 0 Å². The van der Waals surface area contributed by atoms with Crippen LogP contribution in [0.5, 0.6) is 0 Å². The summed E-state index contributed by atoms with van der Waals surface area (Å²) in [6, 6.07) is 8.75. The van der Waals surface area contributed by atoms with E-state index < -0.39 is 0 Å². The molecule has 20 heavy (non-hydrogen) atoms. The van der Waals surface area contributed by atoms with Crippen LogP contribution < -0.4 is 0 Å². The number of hydrogen-bond donors (Lipinski definition) is 0. The first-order chi connectivity index (χ1) is 9.52. The first kappa shape index (κ1) is 16.2. The molecule has 0 aromatic heterocycles. The second kappa shape index (κ2) is 8.37. The summed E-state index contributed by atoms with van der Waals surface area (Å²) in [6.45, 7) is 10.6. The number of hydrogen-bond acceptors (Lipinski definition) is 0. The molecule has 0 heterocycles. The Labute approximate surface area is 124 Å². The van der Waals surface area contributed by atoms with Crippen molar-refractivity contribution in [2.75, 3.05) is 0 Å². The van der Waals surface area contributed by atoms with E-state index in [1.807, 2.05) is 0 Å². The normalized spacial score (nSPS) is 12.8. The fourth-order valence-corrected chi connectivity index (χ4v) is 1.88. The predicted molar refractivity (Wildman–Crippen MR) is 91.0 cm³/mol. The molecule has 0 bridgehead atoms. The van der Waals surface area contributed by atoms with Crippen molar-refractivity contribution >= 4 is 0 Å². The molecule has 0 radical (unpaired) electrons. The van der Waals surface area contributed by atoms with Crippen molar-refractivity contribution in [3.8, 4) is 0 Å².